The summed E-state index contributed by atoms with van der Waals surface area (Å²) < 4.78 is 11.0. The molecule has 1 aliphatic rings. The SMILES string of the molecule is C=CCOC(=O)c1sc(N2C(=O)C(=O)/C(=C(/O)c3cccc(OCCCC)c3)C2c2ccc(C(C)(C)C)cc2)nc1C. The minimum Gasteiger partial charge on any atom is -0.507 e. The first-order valence-electron chi connectivity index (χ1n) is 13.9. The van der Waals surface area contributed by atoms with Gasteiger partial charge in [0, 0.05) is 5.56 Å². The van der Waals surface area contributed by atoms with Crippen molar-refractivity contribution in [2.24, 2.45) is 0 Å². The molecule has 9 heteroatoms. The van der Waals surface area contributed by atoms with E-state index in [2.05, 4.69) is 39.3 Å². The number of nitrogens with zero attached hydrogens (tertiary/aromatic N) is 2. The number of unbranched alkanes of at least 4 members (excludes halogenated alkanes) is 1. The van der Waals surface area contributed by atoms with Gasteiger partial charge in [-0.3, -0.25) is 14.5 Å². The smallest absolute Gasteiger partial charge is 0.350 e. The van der Waals surface area contributed by atoms with Crippen LogP contribution < -0.4 is 9.64 Å². The highest BCUT2D eigenvalue weighted by molar-refractivity contribution is 7.17. The fourth-order valence-corrected chi connectivity index (χ4v) is 5.60. The van der Waals surface area contributed by atoms with Crippen LogP contribution in [0.25, 0.3) is 5.76 Å². The quantitative estimate of drug-likeness (QED) is 0.0686. The number of thiazole rings is 1. The van der Waals surface area contributed by atoms with Crippen molar-refractivity contribution in [1.29, 1.82) is 0 Å². The molecule has 4 rings (SSSR count). The number of aryl methyl sites for hydroxylation is 1. The van der Waals surface area contributed by atoms with Gasteiger partial charge in [0.2, 0.25) is 0 Å². The number of aromatic nitrogens is 1. The summed E-state index contributed by atoms with van der Waals surface area (Å²) in [6, 6.07) is 13.4. The van der Waals surface area contributed by atoms with Crippen molar-refractivity contribution in [2.45, 2.75) is 58.9 Å². The molecule has 1 N–H and O–H groups in total. The molecule has 8 nitrogen and oxygen atoms in total. The van der Waals surface area contributed by atoms with Gasteiger partial charge < -0.3 is 14.6 Å². The molecule has 1 saturated heterocycles. The van der Waals surface area contributed by atoms with Gasteiger partial charge in [0.05, 0.1) is 23.9 Å². The van der Waals surface area contributed by atoms with E-state index in [1.54, 1.807) is 31.2 Å². The van der Waals surface area contributed by atoms with Gasteiger partial charge in [0.1, 0.15) is 23.0 Å². The van der Waals surface area contributed by atoms with Crippen LogP contribution in [-0.2, 0) is 19.7 Å². The molecule has 1 atom stereocenters. The van der Waals surface area contributed by atoms with Gasteiger partial charge in [0.15, 0.2) is 5.13 Å². The number of aliphatic hydroxyl groups excluding tert-OH is 1. The van der Waals surface area contributed by atoms with Crippen LogP contribution >= 0.6 is 11.3 Å². The lowest BCUT2D eigenvalue weighted by atomic mass is 9.85. The first-order valence-corrected chi connectivity index (χ1v) is 14.7. The average Bonchev–Trinajstić information content (AvgIpc) is 3.47. The molecule has 220 valence electrons. The predicted molar refractivity (Wildman–Crippen MR) is 164 cm³/mol. The average molecular weight is 589 g/mol. The van der Waals surface area contributed by atoms with Crippen molar-refractivity contribution in [3.8, 4) is 5.75 Å². The molecule has 0 saturated carbocycles. The molecule has 0 aliphatic carbocycles. The number of benzene rings is 2. The number of rotatable bonds is 10. The Balaban J connectivity index is 1.85. The van der Waals surface area contributed by atoms with Crippen LogP contribution in [0.3, 0.4) is 0 Å². The molecular weight excluding hydrogens is 552 g/mol. The maximum Gasteiger partial charge on any atom is 0.350 e. The number of hydrogen-bond donors (Lipinski definition) is 1. The monoisotopic (exact) mass is 588 g/mol. The standard InChI is InChI=1S/C33H36N2O6S/c1-7-9-18-40-24-12-10-11-22(19-24)27(36)25-26(21-13-15-23(16-14-21)33(4,5)6)35(30(38)28(25)37)32-34-20(3)29(42-32)31(39)41-17-8-2/h8,10-16,19,26,36H,2,7,9,17-18H2,1,3-6H3/b27-25+. The third-order valence-electron chi connectivity index (χ3n) is 6.92. The van der Waals surface area contributed by atoms with E-state index in [0.29, 0.717) is 29.2 Å². The Kier molecular flexibility index (Phi) is 9.31. The van der Waals surface area contributed by atoms with Crippen LogP contribution in [-0.4, -0.2) is 41.0 Å². The fourth-order valence-electron chi connectivity index (χ4n) is 4.61. The normalized spacial score (nSPS) is 16.5. The van der Waals surface area contributed by atoms with Crippen LogP contribution in [0, 0.1) is 6.92 Å². The van der Waals surface area contributed by atoms with E-state index in [9.17, 15) is 19.5 Å². The van der Waals surface area contributed by atoms with Gasteiger partial charge in [-0.25, -0.2) is 9.78 Å². The number of carbonyl (C=O) groups is 3. The van der Waals surface area contributed by atoms with Crippen molar-refractivity contribution in [1.82, 2.24) is 4.98 Å². The molecule has 0 spiro atoms. The van der Waals surface area contributed by atoms with E-state index in [1.165, 1.54) is 11.0 Å². The van der Waals surface area contributed by atoms with Crippen molar-refractivity contribution in [3.63, 3.8) is 0 Å². The number of ketones is 1. The summed E-state index contributed by atoms with van der Waals surface area (Å²) in [6.07, 6.45) is 3.31. The van der Waals surface area contributed by atoms with Crippen molar-refractivity contribution < 1.29 is 29.0 Å². The van der Waals surface area contributed by atoms with E-state index in [-0.39, 0.29) is 33.4 Å². The van der Waals surface area contributed by atoms with E-state index >= 15 is 0 Å². The highest BCUT2D eigenvalue weighted by Crippen LogP contribution is 2.44. The number of hydrogen-bond acceptors (Lipinski definition) is 8. The number of Topliss-reactive ketones (excluding diaryl/α,β-unsaturated/α-hetero) is 1. The van der Waals surface area contributed by atoms with Crippen LogP contribution in [0.15, 0.2) is 66.8 Å². The molecule has 1 unspecified atom stereocenters. The van der Waals surface area contributed by atoms with Crippen molar-refractivity contribution >= 4 is 39.9 Å². The molecule has 1 aromatic heterocycles. The Morgan fingerprint density at radius 1 is 1.17 bits per heavy atom. The number of esters is 1. The summed E-state index contributed by atoms with van der Waals surface area (Å²) in [5, 5.41) is 11.7. The number of anilines is 1. The Labute approximate surface area is 250 Å². The Morgan fingerprint density at radius 3 is 2.52 bits per heavy atom. The first-order chi connectivity index (χ1) is 20.0. The summed E-state index contributed by atoms with van der Waals surface area (Å²) in [5.41, 5.74) is 2.20. The van der Waals surface area contributed by atoms with Crippen LogP contribution in [0.2, 0.25) is 0 Å². The first kappa shape index (κ1) is 30.7. The number of ether oxygens (including phenoxy) is 2. The zero-order valence-electron chi connectivity index (χ0n) is 24.6. The van der Waals surface area contributed by atoms with Crippen molar-refractivity contribution in [3.05, 3.63) is 94.0 Å². The minimum atomic E-state index is -0.980. The van der Waals surface area contributed by atoms with Gasteiger partial charge in [-0.2, -0.15) is 0 Å². The zero-order valence-corrected chi connectivity index (χ0v) is 25.4. The van der Waals surface area contributed by atoms with Gasteiger partial charge in [-0.05, 0) is 42.0 Å². The summed E-state index contributed by atoms with van der Waals surface area (Å²) >= 11 is 0.959. The highest BCUT2D eigenvalue weighted by Gasteiger charge is 2.48. The maximum absolute atomic E-state index is 13.6. The molecule has 2 aromatic carbocycles. The lowest BCUT2D eigenvalue weighted by Gasteiger charge is -2.25. The van der Waals surface area contributed by atoms with E-state index in [0.717, 1.165) is 29.7 Å². The number of amides is 1. The number of carbonyl (C=O) groups excluding carboxylic acids is 3. The number of aliphatic hydroxyl groups is 1. The molecule has 2 heterocycles. The van der Waals surface area contributed by atoms with Gasteiger partial charge >= 0.3 is 11.9 Å². The fraction of sp³-hybridized carbons (Fsp3) is 0.333. The predicted octanol–water partition coefficient (Wildman–Crippen LogP) is 6.90. The van der Waals surface area contributed by atoms with Crippen molar-refractivity contribution in [2.75, 3.05) is 18.1 Å². The molecular formula is C33H36N2O6S. The highest BCUT2D eigenvalue weighted by atomic mass is 32.1. The molecule has 42 heavy (non-hydrogen) atoms. The Morgan fingerprint density at radius 2 is 1.88 bits per heavy atom. The second-order valence-corrected chi connectivity index (χ2v) is 12.0. The lowest BCUT2D eigenvalue weighted by Crippen LogP contribution is -2.29. The van der Waals surface area contributed by atoms with Gasteiger partial charge in [-0.1, -0.05) is 94.5 Å². The molecule has 0 bridgehead atoms. The summed E-state index contributed by atoms with van der Waals surface area (Å²) in [5.74, 6) is -2.07. The molecule has 1 fully saturated rings. The summed E-state index contributed by atoms with van der Waals surface area (Å²) in [6.45, 7) is 14.1. The van der Waals surface area contributed by atoms with E-state index in [1.807, 2.05) is 24.3 Å². The Bertz CT molecular complexity index is 1530. The van der Waals surface area contributed by atoms with Gasteiger partial charge in [0.25, 0.3) is 5.78 Å². The molecule has 1 aliphatic heterocycles. The summed E-state index contributed by atoms with van der Waals surface area (Å²) in [4.78, 5) is 45.8. The second-order valence-electron chi connectivity index (χ2n) is 11.1. The molecule has 3 aromatic rings. The van der Waals surface area contributed by atoms with Crippen LogP contribution in [0.1, 0.15) is 78.6 Å². The molecule has 0 radical (unpaired) electrons. The van der Waals surface area contributed by atoms with Crippen LogP contribution in [0.4, 0.5) is 5.13 Å². The van der Waals surface area contributed by atoms with E-state index in [4.69, 9.17) is 9.47 Å². The molecule has 1 amide bonds. The Hall–Kier alpha value is -4.24. The topological polar surface area (TPSA) is 106 Å². The second kappa shape index (κ2) is 12.7. The zero-order chi connectivity index (χ0) is 30.6. The summed E-state index contributed by atoms with van der Waals surface area (Å²) in [7, 11) is 0. The largest absolute Gasteiger partial charge is 0.507 e. The van der Waals surface area contributed by atoms with E-state index < -0.39 is 23.7 Å². The third-order valence-corrected chi connectivity index (χ3v) is 8.06. The van der Waals surface area contributed by atoms with Gasteiger partial charge in [-0.15, -0.1) is 0 Å². The van der Waals surface area contributed by atoms with Crippen LogP contribution in [0.5, 0.6) is 5.75 Å². The maximum atomic E-state index is 13.6. The minimum absolute atomic E-state index is 0.0252. The lowest BCUT2D eigenvalue weighted by molar-refractivity contribution is -0.132. The third kappa shape index (κ3) is 6.31.